The van der Waals surface area contributed by atoms with Gasteiger partial charge in [0.15, 0.2) is 6.10 Å². The second-order valence-corrected chi connectivity index (χ2v) is 6.46. The molecule has 0 spiro atoms. The summed E-state index contributed by atoms with van der Waals surface area (Å²) in [6.45, 7) is 5.34. The highest BCUT2D eigenvalue weighted by atomic mass is 16.5. The molecule has 0 aromatic heterocycles. The molecule has 0 bridgehead atoms. The minimum absolute atomic E-state index is 0.0128. The average Bonchev–Trinajstić information content (AvgIpc) is 2.89. The molecule has 5 heteroatoms. The van der Waals surface area contributed by atoms with Crippen LogP contribution in [0.25, 0.3) is 0 Å². The topological polar surface area (TPSA) is 66.8 Å². The first kappa shape index (κ1) is 17.0. The number of anilines is 1. The summed E-state index contributed by atoms with van der Waals surface area (Å²) >= 11 is 0. The molecule has 1 aliphatic heterocycles. The van der Waals surface area contributed by atoms with Crippen LogP contribution in [0.4, 0.5) is 5.69 Å². The number of ether oxygens (including phenoxy) is 1. The van der Waals surface area contributed by atoms with Crippen LogP contribution in [-0.4, -0.2) is 29.1 Å². The van der Waals surface area contributed by atoms with Crippen molar-refractivity contribution in [2.45, 2.75) is 39.3 Å². The van der Waals surface area contributed by atoms with E-state index in [2.05, 4.69) is 0 Å². The number of phenols is 1. The largest absolute Gasteiger partial charge is 0.507 e. The number of esters is 1. The molecule has 2 aromatic carbocycles. The number of para-hydroxylation sites is 1. The van der Waals surface area contributed by atoms with Crippen molar-refractivity contribution >= 4 is 17.6 Å². The van der Waals surface area contributed by atoms with E-state index >= 15 is 0 Å². The Morgan fingerprint density at radius 3 is 2.68 bits per heavy atom. The predicted octanol–water partition coefficient (Wildman–Crippen LogP) is 3.22. The predicted molar refractivity (Wildman–Crippen MR) is 94.8 cm³/mol. The standard InChI is InChI=1S/C20H21NO4/c1-12-8-9-16(18(22)10-12)20(24)25-14(3)19(23)21-13(2)11-15-6-4-5-7-17(15)21/h4-10,13-14,22H,11H2,1-3H3/t13-,14+/m0/s1. The van der Waals surface area contributed by atoms with E-state index in [4.69, 9.17) is 4.74 Å². The molecule has 0 saturated carbocycles. The summed E-state index contributed by atoms with van der Waals surface area (Å²) in [4.78, 5) is 26.8. The van der Waals surface area contributed by atoms with Crippen LogP contribution in [-0.2, 0) is 16.0 Å². The number of carbonyl (C=O) groups excluding carboxylic acids is 2. The molecule has 5 nitrogen and oxygen atoms in total. The van der Waals surface area contributed by atoms with Gasteiger partial charge in [0.05, 0.1) is 0 Å². The van der Waals surface area contributed by atoms with Crippen LogP contribution in [0, 0.1) is 6.92 Å². The Labute approximate surface area is 146 Å². The van der Waals surface area contributed by atoms with Gasteiger partial charge in [-0.25, -0.2) is 4.79 Å². The van der Waals surface area contributed by atoms with Crippen molar-refractivity contribution in [3.63, 3.8) is 0 Å². The van der Waals surface area contributed by atoms with E-state index in [-0.39, 0.29) is 23.3 Å². The molecule has 1 aliphatic rings. The molecule has 25 heavy (non-hydrogen) atoms. The minimum Gasteiger partial charge on any atom is -0.507 e. The maximum Gasteiger partial charge on any atom is 0.342 e. The highest BCUT2D eigenvalue weighted by Crippen LogP contribution is 2.32. The molecule has 0 fully saturated rings. The number of aryl methyl sites for hydroxylation is 1. The van der Waals surface area contributed by atoms with E-state index in [1.165, 1.54) is 12.1 Å². The molecule has 3 rings (SSSR count). The number of fused-ring (bicyclic) bond motifs is 1. The Kier molecular flexibility index (Phi) is 4.49. The van der Waals surface area contributed by atoms with E-state index in [1.54, 1.807) is 17.9 Å². The van der Waals surface area contributed by atoms with Crippen molar-refractivity contribution in [2.24, 2.45) is 0 Å². The van der Waals surface area contributed by atoms with Gasteiger partial charge in [-0.05, 0) is 56.5 Å². The number of nitrogens with zero attached hydrogens (tertiary/aromatic N) is 1. The molecule has 1 N–H and O–H groups in total. The fraction of sp³-hybridized carbons (Fsp3) is 0.300. The SMILES string of the molecule is Cc1ccc(C(=O)O[C@H](C)C(=O)N2c3ccccc3C[C@@H]2C)c(O)c1. The van der Waals surface area contributed by atoms with E-state index < -0.39 is 12.1 Å². The van der Waals surface area contributed by atoms with Crippen molar-refractivity contribution in [3.05, 3.63) is 59.2 Å². The number of hydrogen-bond acceptors (Lipinski definition) is 4. The molecule has 130 valence electrons. The Bertz CT molecular complexity index is 830. The van der Waals surface area contributed by atoms with Crippen LogP contribution >= 0.6 is 0 Å². The monoisotopic (exact) mass is 339 g/mol. The van der Waals surface area contributed by atoms with Crippen LogP contribution in [0.2, 0.25) is 0 Å². The van der Waals surface area contributed by atoms with Gasteiger partial charge in [-0.2, -0.15) is 0 Å². The Morgan fingerprint density at radius 2 is 1.96 bits per heavy atom. The van der Waals surface area contributed by atoms with Gasteiger partial charge in [-0.3, -0.25) is 4.79 Å². The summed E-state index contributed by atoms with van der Waals surface area (Å²) in [5.74, 6) is -1.12. The van der Waals surface area contributed by atoms with Gasteiger partial charge >= 0.3 is 5.97 Å². The molecule has 2 aromatic rings. The number of rotatable bonds is 3. The van der Waals surface area contributed by atoms with Crippen LogP contribution < -0.4 is 4.90 Å². The molecule has 0 aliphatic carbocycles. The first-order valence-corrected chi connectivity index (χ1v) is 8.30. The summed E-state index contributed by atoms with van der Waals surface area (Å²) < 4.78 is 5.30. The lowest BCUT2D eigenvalue weighted by Crippen LogP contribution is -2.43. The van der Waals surface area contributed by atoms with Gasteiger partial charge < -0.3 is 14.7 Å². The molecule has 0 saturated heterocycles. The summed E-state index contributed by atoms with van der Waals surface area (Å²) in [5, 5.41) is 9.90. The molecule has 0 radical (unpaired) electrons. The summed E-state index contributed by atoms with van der Waals surface area (Å²) in [6, 6.07) is 12.4. The molecule has 0 unspecified atom stereocenters. The zero-order valence-electron chi connectivity index (χ0n) is 14.5. The zero-order valence-corrected chi connectivity index (χ0v) is 14.5. The van der Waals surface area contributed by atoms with Gasteiger partial charge in [0, 0.05) is 11.7 Å². The van der Waals surface area contributed by atoms with Gasteiger partial charge in [0.1, 0.15) is 11.3 Å². The number of hydrogen-bond donors (Lipinski definition) is 1. The van der Waals surface area contributed by atoms with E-state index in [1.807, 2.05) is 38.1 Å². The highest BCUT2D eigenvalue weighted by molar-refractivity contribution is 6.01. The lowest BCUT2D eigenvalue weighted by molar-refractivity contribution is -0.126. The summed E-state index contributed by atoms with van der Waals surface area (Å²) in [7, 11) is 0. The third-order valence-electron chi connectivity index (χ3n) is 4.45. The molecule has 2 atom stereocenters. The minimum atomic E-state index is -0.943. The molecular formula is C20H21NO4. The van der Waals surface area contributed by atoms with Crippen LogP contribution in [0.3, 0.4) is 0 Å². The van der Waals surface area contributed by atoms with Crippen molar-refractivity contribution in [1.29, 1.82) is 0 Å². The lowest BCUT2D eigenvalue weighted by Gasteiger charge is -2.26. The first-order valence-electron chi connectivity index (χ1n) is 8.30. The summed E-state index contributed by atoms with van der Waals surface area (Å²) in [6.07, 6.45) is -0.164. The van der Waals surface area contributed by atoms with E-state index in [0.29, 0.717) is 0 Å². The van der Waals surface area contributed by atoms with Crippen LogP contribution in [0.1, 0.15) is 35.3 Å². The Morgan fingerprint density at radius 1 is 1.24 bits per heavy atom. The molecule has 1 amide bonds. The number of carbonyl (C=O) groups is 2. The second-order valence-electron chi connectivity index (χ2n) is 6.46. The van der Waals surface area contributed by atoms with E-state index in [0.717, 1.165) is 23.2 Å². The van der Waals surface area contributed by atoms with Gasteiger partial charge in [-0.1, -0.05) is 24.3 Å². The number of phenolic OH excluding ortho intramolecular Hbond substituents is 1. The van der Waals surface area contributed by atoms with Crippen LogP contribution in [0.5, 0.6) is 5.75 Å². The van der Waals surface area contributed by atoms with Gasteiger partial charge in [-0.15, -0.1) is 0 Å². The quantitative estimate of drug-likeness (QED) is 0.872. The Hall–Kier alpha value is -2.82. The maximum absolute atomic E-state index is 12.8. The smallest absolute Gasteiger partial charge is 0.342 e. The Balaban J connectivity index is 1.76. The zero-order chi connectivity index (χ0) is 18.1. The fourth-order valence-corrected chi connectivity index (χ4v) is 3.19. The summed E-state index contributed by atoms with van der Waals surface area (Å²) in [5.41, 5.74) is 2.86. The average molecular weight is 339 g/mol. The number of amides is 1. The van der Waals surface area contributed by atoms with Gasteiger partial charge in [0.25, 0.3) is 5.91 Å². The van der Waals surface area contributed by atoms with Crippen molar-refractivity contribution < 1.29 is 19.4 Å². The first-order chi connectivity index (χ1) is 11.9. The second kappa shape index (κ2) is 6.59. The maximum atomic E-state index is 12.8. The van der Waals surface area contributed by atoms with Crippen molar-refractivity contribution in [3.8, 4) is 5.75 Å². The number of aromatic hydroxyl groups is 1. The molecule has 1 heterocycles. The molecular weight excluding hydrogens is 318 g/mol. The lowest BCUT2D eigenvalue weighted by atomic mass is 10.1. The van der Waals surface area contributed by atoms with Crippen molar-refractivity contribution in [1.82, 2.24) is 0 Å². The van der Waals surface area contributed by atoms with Gasteiger partial charge in [0.2, 0.25) is 0 Å². The highest BCUT2D eigenvalue weighted by Gasteiger charge is 2.34. The number of benzene rings is 2. The van der Waals surface area contributed by atoms with E-state index in [9.17, 15) is 14.7 Å². The normalized spacial score (nSPS) is 17.1. The third-order valence-corrected chi connectivity index (χ3v) is 4.45. The fourth-order valence-electron chi connectivity index (χ4n) is 3.19. The third kappa shape index (κ3) is 3.22. The van der Waals surface area contributed by atoms with Crippen molar-refractivity contribution in [2.75, 3.05) is 4.90 Å². The van der Waals surface area contributed by atoms with Crippen LogP contribution in [0.15, 0.2) is 42.5 Å².